The summed E-state index contributed by atoms with van der Waals surface area (Å²) in [5.74, 6) is -0.594. The molecule has 0 atom stereocenters. The molecule has 1 rings (SSSR count). The second-order valence-corrected chi connectivity index (χ2v) is 3.91. The molecule has 8 heteroatoms. The number of alkyl halides is 3. The fourth-order valence-corrected chi connectivity index (χ4v) is 1.33. The van der Waals surface area contributed by atoms with Crippen LogP contribution in [0.2, 0.25) is 0 Å². The number of methoxy groups -OCH3 is 1. The van der Waals surface area contributed by atoms with Gasteiger partial charge in [-0.1, -0.05) is 6.07 Å². The van der Waals surface area contributed by atoms with Gasteiger partial charge in [-0.2, -0.15) is 18.3 Å². The summed E-state index contributed by atoms with van der Waals surface area (Å²) in [7, 11) is 1.18. The molecule has 0 radical (unpaired) electrons. The molecule has 0 spiro atoms. The molecule has 0 saturated carbocycles. The minimum absolute atomic E-state index is 0.0352. The van der Waals surface area contributed by atoms with E-state index in [0.29, 0.717) is 6.07 Å². The molecular weight excluding hydrogens is 277 g/mol. The Morgan fingerprint density at radius 3 is 2.65 bits per heavy atom. The summed E-state index contributed by atoms with van der Waals surface area (Å²) in [6, 6.07) is 3.83. The molecule has 0 aliphatic heterocycles. The molecular formula is C12H12F3N2O3-. The van der Waals surface area contributed by atoms with Crippen LogP contribution in [0.4, 0.5) is 18.9 Å². The van der Waals surface area contributed by atoms with E-state index < -0.39 is 17.7 Å². The standard InChI is InChI=1S/C12H12F3N2O3/c1-8(6-11(18)20-2)16-17(19)10-5-3-4-9(7-10)12(13,14)15/h3-5,7H,6H2,1-2H3/q-1. The molecule has 0 bridgehead atoms. The number of esters is 1. The van der Waals surface area contributed by atoms with Gasteiger partial charge in [0.05, 0.1) is 19.1 Å². The van der Waals surface area contributed by atoms with Crippen LogP contribution in [0.3, 0.4) is 0 Å². The van der Waals surface area contributed by atoms with E-state index in [9.17, 15) is 23.2 Å². The van der Waals surface area contributed by atoms with Crippen molar-refractivity contribution in [3.8, 4) is 0 Å². The third kappa shape index (κ3) is 4.54. The Morgan fingerprint density at radius 1 is 1.45 bits per heavy atom. The highest BCUT2D eigenvalue weighted by molar-refractivity contribution is 5.97. The molecule has 0 aliphatic carbocycles. The summed E-state index contributed by atoms with van der Waals surface area (Å²) in [4.78, 5) is 11.0. The molecule has 0 heterocycles. The third-order valence-corrected chi connectivity index (χ3v) is 2.28. The molecule has 0 saturated heterocycles. The molecule has 0 aliphatic rings. The normalized spacial score (nSPS) is 12.2. The highest BCUT2D eigenvalue weighted by Gasteiger charge is 2.30. The molecule has 1 aromatic rings. The van der Waals surface area contributed by atoms with Gasteiger partial charge in [-0.05, 0) is 25.1 Å². The lowest BCUT2D eigenvalue weighted by molar-refractivity contribution is -0.139. The van der Waals surface area contributed by atoms with E-state index in [0.717, 1.165) is 12.1 Å². The number of benzene rings is 1. The van der Waals surface area contributed by atoms with Crippen molar-refractivity contribution in [2.45, 2.75) is 19.5 Å². The first-order valence-corrected chi connectivity index (χ1v) is 5.49. The van der Waals surface area contributed by atoms with Crippen molar-refractivity contribution in [3.05, 3.63) is 35.0 Å². The van der Waals surface area contributed by atoms with Crippen LogP contribution < -0.4 is 5.17 Å². The Hall–Kier alpha value is -2.09. The van der Waals surface area contributed by atoms with Crippen molar-refractivity contribution in [2.75, 3.05) is 12.3 Å². The maximum atomic E-state index is 12.5. The van der Waals surface area contributed by atoms with Crippen LogP contribution in [-0.4, -0.2) is 18.8 Å². The summed E-state index contributed by atoms with van der Waals surface area (Å²) in [6.45, 7) is 1.40. The topological polar surface area (TPSA) is 65.0 Å². The lowest BCUT2D eigenvalue weighted by Crippen LogP contribution is -2.14. The Morgan fingerprint density at radius 2 is 2.10 bits per heavy atom. The first-order chi connectivity index (χ1) is 9.24. The van der Waals surface area contributed by atoms with E-state index in [2.05, 4.69) is 9.84 Å². The van der Waals surface area contributed by atoms with Gasteiger partial charge in [0.25, 0.3) is 0 Å². The highest BCUT2D eigenvalue weighted by Crippen LogP contribution is 2.31. The number of carbonyl (C=O) groups is 1. The quantitative estimate of drug-likeness (QED) is 0.485. The van der Waals surface area contributed by atoms with Gasteiger partial charge in [-0.15, -0.1) is 0 Å². The van der Waals surface area contributed by atoms with Crippen LogP contribution in [0.1, 0.15) is 18.9 Å². The van der Waals surface area contributed by atoms with E-state index in [4.69, 9.17) is 0 Å². The van der Waals surface area contributed by atoms with E-state index in [1.807, 2.05) is 0 Å². The average molecular weight is 289 g/mol. The Bertz CT molecular complexity index is 515. The van der Waals surface area contributed by atoms with Gasteiger partial charge in [-0.3, -0.25) is 4.79 Å². The summed E-state index contributed by atoms with van der Waals surface area (Å²) >= 11 is 0. The van der Waals surface area contributed by atoms with Gasteiger partial charge in [0, 0.05) is 11.4 Å². The van der Waals surface area contributed by atoms with Crippen LogP contribution in [0, 0.1) is 5.21 Å². The number of hydrazone groups is 1. The van der Waals surface area contributed by atoms with Gasteiger partial charge in [0.2, 0.25) is 0 Å². The van der Waals surface area contributed by atoms with Crippen LogP contribution >= 0.6 is 0 Å². The van der Waals surface area contributed by atoms with E-state index in [1.165, 1.54) is 20.1 Å². The maximum absolute atomic E-state index is 12.5. The number of nitrogens with zero attached hydrogens (tertiary/aromatic N) is 2. The number of hydrogen-bond acceptors (Lipinski definition) is 5. The maximum Gasteiger partial charge on any atom is 0.416 e. The summed E-state index contributed by atoms with van der Waals surface area (Å²) in [5.41, 5.74) is -1.09. The molecule has 0 aromatic heterocycles. The van der Waals surface area contributed by atoms with Gasteiger partial charge < -0.3 is 15.1 Å². The number of hydrogen-bond donors (Lipinski definition) is 0. The molecule has 1 aromatic carbocycles. The predicted octanol–water partition coefficient (Wildman–Crippen LogP) is 2.95. The zero-order chi connectivity index (χ0) is 15.3. The minimum Gasteiger partial charge on any atom is -0.737 e. The molecule has 5 nitrogen and oxygen atoms in total. The number of carbonyl (C=O) groups excluding carboxylic acids is 1. The molecule has 0 fully saturated rings. The van der Waals surface area contributed by atoms with Gasteiger partial charge in [0.1, 0.15) is 0 Å². The van der Waals surface area contributed by atoms with Crippen LogP contribution in [0.15, 0.2) is 29.4 Å². The van der Waals surface area contributed by atoms with Crippen molar-refractivity contribution in [1.82, 2.24) is 0 Å². The fourth-order valence-electron chi connectivity index (χ4n) is 1.33. The molecule has 20 heavy (non-hydrogen) atoms. The van der Waals surface area contributed by atoms with E-state index in [1.54, 1.807) is 0 Å². The van der Waals surface area contributed by atoms with Crippen molar-refractivity contribution in [3.63, 3.8) is 0 Å². The minimum atomic E-state index is -4.54. The summed E-state index contributed by atoms with van der Waals surface area (Å²) in [6.07, 6.45) is -4.75. The highest BCUT2D eigenvalue weighted by atomic mass is 19.4. The van der Waals surface area contributed by atoms with E-state index >= 15 is 0 Å². The van der Waals surface area contributed by atoms with Crippen molar-refractivity contribution < 1.29 is 22.7 Å². The van der Waals surface area contributed by atoms with E-state index in [-0.39, 0.29) is 23.0 Å². The lowest BCUT2D eigenvalue weighted by atomic mass is 10.2. The van der Waals surface area contributed by atoms with Gasteiger partial charge in [-0.25, -0.2) is 0 Å². The second-order valence-electron chi connectivity index (χ2n) is 3.91. The zero-order valence-electron chi connectivity index (χ0n) is 10.8. The lowest BCUT2D eigenvalue weighted by Gasteiger charge is -2.26. The Kier molecular flexibility index (Phi) is 5.09. The van der Waals surface area contributed by atoms with Crippen LogP contribution in [-0.2, 0) is 15.7 Å². The molecule has 110 valence electrons. The second kappa shape index (κ2) is 6.38. The number of rotatable bonds is 4. The fraction of sp³-hybridized carbons (Fsp3) is 0.333. The SMILES string of the molecule is COC(=O)CC(C)=NN([O-])c1cccc(C(F)(F)F)c1. The van der Waals surface area contributed by atoms with Crippen molar-refractivity contribution in [2.24, 2.45) is 5.10 Å². The summed E-state index contributed by atoms with van der Waals surface area (Å²) < 4.78 is 41.9. The van der Waals surface area contributed by atoms with Crippen LogP contribution in [0.5, 0.6) is 0 Å². The molecule has 0 unspecified atom stereocenters. The van der Waals surface area contributed by atoms with Crippen molar-refractivity contribution in [1.29, 1.82) is 0 Å². The largest absolute Gasteiger partial charge is 0.737 e. The van der Waals surface area contributed by atoms with Crippen LogP contribution in [0.25, 0.3) is 0 Å². The zero-order valence-corrected chi connectivity index (χ0v) is 10.8. The average Bonchev–Trinajstić information content (AvgIpc) is 2.37. The van der Waals surface area contributed by atoms with Crippen molar-refractivity contribution >= 4 is 17.4 Å². The monoisotopic (exact) mass is 289 g/mol. The molecule has 0 amide bonds. The number of halogens is 3. The third-order valence-electron chi connectivity index (χ3n) is 2.28. The van der Waals surface area contributed by atoms with Gasteiger partial charge in [0.15, 0.2) is 0 Å². The Balaban J connectivity index is 2.90. The first kappa shape index (κ1) is 16.0. The predicted molar refractivity (Wildman–Crippen MR) is 67.0 cm³/mol. The Labute approximate surface area is 113 Å². The smallest absolute Gasteiger partial charge is 0.416 e. The molecule has 0 N–H and O–H groups in total. The van der Waals surface area contributed by atoms with Gasteiger partial charge >= 0.3 is 12.1 Å². The number of ether oxygens (including phenoxy) is 1. The number of anilines is 1. The first-order valence-electron chi connectivity index (χ1n) is 5.49. The summed E-state index contributed by atoms with van der Waals surface area (Å²) in [5, 5.41) is 15.1.